The zero-order valence-corrected chi connectivity index (χ0v) is 15.6. The van der Waals surface area contributed by atoms with Crippen molar-refractivity contribution in [2.24, 2.45) is 0 Å². The lowest BCUT2D eigenvalue weighted by molar-refractivity contribution is 0.405. The van der Waals surface area contributed by atoms with Gasteiger partial charge in [0.15, 0.2) is 11.6 Å². The molecule has 0 saturated heterocycles. The summed E-state index contributed by atoms with van der Waals surface area (Å²) in [5.41, 5.74) is 8.50. The van der Waals surface area contributed by atoms with Crippen LogP contribution in [0, 0.1) is 0 Å². The van der Waals surface area contributed by atoms with Crippen molar-refractivity contribution in [2.75, 3.05) is 38.2 Å². The number of hydrogen-bond donors (Lipinski definition) is 2. The summed E-state index contributed by atoms with van der Waals surface area (Å²) < 4.78 is 5.95. The molecular formula is C21H23N5O. The zero-order chi connectivity index (χ0) is 18.8. The highest BCUT2D eigenvalue weighted by molar-refractivity contribution is 5.99. The molecule has 3 N–H and O–H groups in total. The molecule has 0 atom stereocenters. The van der Waals surface area contributed by atoms with Crippen LogP contribution in [0.5, 0.6) is 0 Å². The topological polar surface area (TPSA) is 80.2 Å². The number of nitrogens with one attached hydrogen (secondary N) is 1. The van der Waals surface area contributed by atoms with Crippen molar-refractivity contribution < 1.29 is 4.42 Å². The molecule has 2 heterocycles. The Bertz CT molecular complexity index is 1050. The van der Waals surface area contributed by atoms with E-state index in [0.29, 0.717) is 17.3 Å². The molecule has 0 bridgehead atoms. The van der Waals surface area contributed by atoms with Gasteiger partial charge < -0.3 is 20.4 Å². The Hall–Kier alpha value is -3.12. The van der Waals surface area contributed by atoms with Crippen LogP contribution >= 0.6 is 0 Å². The summed E-state index contributed by atoms with van der Waals surface area (Å²) >= 11 is 0. The highest BCUT2D eigenvalue weighted by Crippen LogP contribution is 2.31. The van der Waals surface area contributed by atoms with Crippen molar-refractivity contribution in [3.05, 3.63) is 48.5 Å². The smallest absolute Gasteiger partial charge is 0.198 e. The van der Waals surface area contributed by atoms with Crippen LogP contribution in [0.2, 0.25) is 0 Å². The molecule has 0 radical (unpaired) electrons. The van der Waals surface area contributed by atoms with Crippen LogP contribution < -0.4 is 11.1 Å². The normalized spacial score (nSPS) is 11.5. The van der Waals surface area contributed by atoms with Crippen LogP contribution in [0.25, 0.3) is 33.5 Å². The molecule has 0 saturated carbocycles. The molecule has 0 aliphatic heterocycles. The first kappa shape index (κ1) is 17.3. The predicted octanol–water partition coefficient (Wildman–Crippen LogP) is 3.99. The Labute approximate surface area is 158 Å². The van der Waals surface area contributed by atoms with Gasteiger partial charge in [0.1, 0.15) is 11.4 Å². The standard InChI is InChI=1S/C21H23N5O/c1-26(2)12-6-11-23-21-19-15(22)8-5-9-16(19)24-20(25-21)18-13-14-7-3-4-10-17(14)27-18/h3-5,7-10,13H,6,11-12,22H2,1-2H3,(H,23,24,25). The maximum atomic E-state index is 6.21. The van der Waals surface area contributed by atoms with E-state index in [9.17, 15) is 0 Å². The van der Waals surface area contributed by atoms with Gasteiger partial charge in [0.2, 0.25) is 0 Å². The molecule has 0 amide bonds. The van der Waals surface area contributed by atoms with E-state index in [-0.39, 0.29) is 0 Å². The molecule has 0 unspecified atom stereocenters. The fraction of sp³-hybridized carbons (Fsp3) is 0.238. The minimum Gasteiger partial charge on any atom is -0.453 e. The second kappa shape index (κ2) is 7.25. The van der Waals surface area contributed by atoms with Gasteiger partial charge in [-0.05, 0) is 51.3 Å². The summed E-state index contributed by atoms with van der Waals surface area (Å²) in [6.07, 6.45) is 1.01. The highest BCUT2D eigenvalue weighted by Gasteiger charge is 2.14. The van der Waals surface area contributed by atoms with Crippen molar-refractivity contribution in [2.45, 2.75) is 6.42 Å². The number of para-hydroxylation sites is 1. The number of rotatable bonds is 6. The molecular weight excluding hydrogens is 338 g/mol. The van der Waals surface area contributed by atoms with E-state index in [1.807, 2.05) is 48.5 Å². The van der Waals surface area contributed by atoms with Crippen molar-refractivity contribution in [3.8, 4) is 11.6 Å². The van der Waals surface area contributed by atoms with E-state index in [0.717, 1.165) is 47.2 Å². The molecule has 138 valence electrons. The Morgan fingerprint density at radius 3 is 2.74 bits per heavy atom. The summed E-state index contributed by atoms with van der Waals surface area (Å²) in [6.45, 7) is 1.81. The number of benzene rings is 2. The van der Waals surface area contributed by atoms with Gasteiger partial charge >= 0.3 is 0 Å². The quantitative estimate of drug-likeness (QED) is 0.399. The van der Waals surface area contributed by atoms with E-state index in [1.54, 1.807) is 0 Å². The van der Waals surface area contributed by atoms with E-state index >= 15 is 0 Å². The number of anilines is 2. The van der Waals surface area contributed by atoms with Crippen LogP contribution in [0.1, 0.15) is 6.42 Å². The van der Waals surface area contributed by atoms with E-state index in [4.69, 9.17) is 15.1 Å². The van der Waals surface area contributed by atoms with Gasteiger partial charge in [-0.3, -0.25) is 0 Å². The number of nitrogens with zero attached hydrogens (tertiary/aromatic N) is 3. The second-order valence-corrected chi connectivity index (χ2v) is 6.87. The maximum Gasteiger partial charge on any atom is 0.198 e. The third kappa shape index (κ3) is 3.57. The fourth-order valence-electron chi connectivity index (χ4n) is 3.14. The minimum absolute atomic E-state index is 0.555. The summed E-state index contributed by atoms with van der Waals surface area (Å²) in [4.78, 5) is 11.6. The molecule has 0 spiro atoms. The molecule has 27 heavy (non-hydrogen) atoms. The van der Waals surface area contributed by atoms with Gasteiger partial charge in [0.05, 0.1) is 10.9 Å². The lowest BCUT2D eigenvalue weighted by Gasteiger charge is -2.13. The van der Waals surface area contributed by atoms with Gasteiger partial charge in [-0.25, -0.2) is 9.97 Å². The van der Waals surface area contributed by atoms with Crippen molar-refractivity contribution in [1.82, 2.24) is 14.9 Å². The van der Waals surface area contributed by atoms with Crippen LogP contribution in [0.15, 0.2) is 52.9 Å². The lowest BCUT2D eigenvalue weighted by Crippen LogP contribution is -2.17. The molecule has 4 aromatic rings. The van der Waals surface area contributed by atoms with Crippen molar-refractivity contribution >= 4 is 33.4 Å². The molecule has 4 rings (SSSR count). The third-order valence-corrected chi connectivity index (χ3v) is 4.48. The number of nitrogens with two attached hydrogens (primary N) is 1. The number of nitrogen functional groups attached to an aromatic ring is 1. The summed E-state index contributed by atoms with van der Waals surface area (Å²) in [7, 11) is 4.13. The number of furan rings is 1. The van der Waals surface area contributed by atoms with Crippen molar-refractivity contribution in [3.63, 3.8) is 0 Å². The Kier molecular flexibility index (Phi) is 4.64. The fourth-order valence-corrected chi connectivity index (χ4v) is 3.14. The first-order valence-corrected chi connectivity index (χ1v) is 9.05. The molecule has 0 aliphatic rings. The Balaban J connectivity index is 1.75. The van der Waals surface area contributed by atoms with E-state index in [1.165, 1.54) is 0 Å². The highest BCUT2D eigenvalue weighted by atomic mass is 16.3. The average molecular weight is 361 g/mol. The molecule has 0 fully saturated rings. The van der Waals surface area contributed by atoms with Crippen LogP contribution in [0.4, 0.5) is 11.5 Å². The van der Waals surface area contributed by atoms with Gasteiger partial charge in [0.25, 0.3) is 0 Å². The average Bonchev–Trinajstić information content (AvgIpc) is 3.09. The zero-order valence-electron chi connectivity index (χ0n) is 15.6. The second-order valence-electron chi connectivity index (χ2n) is 6.87. The number of aromatic nitrogens is 2. The maximum absolute atomic E-state index is 6.21. The van der Waals surface area contributed by atoms with Gasteiger partial charge in [-0.15, -0.1) is 0 Å². The predicted molar refractivity (Wildman–Crippen MR) is 111 cm³/mol. The largest absolute Gasteiger partial charge is 0.453 e. The lowest BCUT2D eigenvalue weighted by atomic mass is 10.2. The Morgan fingerprint density at radius 2 is 1.93 bits per heavy atom. The van der Waals surface area contributed by atoms with Gasteiger partial charge in [-0.2, -0.15) is 0 Å². The molecule has 2 aromatic heterocycles. The van der Waals surface area contributed by atoms with Crippen LogP contribution in [0.3, 0.4) is 0 Å². The summed E-state index contributed by atoms with van der Waals surface area (Å²) in [5, 5.41) is 5.31. The minimum atomic E-state index is 0.555. The van der Waals surface area contributed by atoms with Gasteiger partial charge in [0, 0.05) is 17.6 Å². The Morgan fingerprint density at radius 1 is 1.07 bits per heavy atom. The molecule has 6 heteroatoms. The summed E-state index contributed by atoms with van der Waals surface area (Å²) in [5.74, 6) is 1.95. The SMILES string of the molecule is CN(C)CCCNc1nc(-c2cc3ccccc3o2)nc2cccc(N)c12. The van der Waals surface area contributed by atoms with Crippen LogP contribution in [-0.4, -0.2) is 42.1 Å². The molecule has 2 aromatic carbocycles. The molecule has 0 aliphatic carbocycles. The third-order valence-electron chi connectivity index (χ3n) is 4.48. The van der Waals surface area contributed by atoms with E-state index in [2.05, 4.69) is 29.3 Å². The first-order valence-electron chi connectivity index (χ1n) is 9.05. The molecule has 6 nitrogen and oxygen atoms in total. The van der Waals surface area contributed by atoms with Crippen LogP contribution in [-0.2, 0) is 0 Å². The number of hydrogen-bond acceptors (Lipinski definition) is 6. The first-order chi connectivity index (χ1) is 13.1. The monoisotopic (exact) mass is 361 g/mol. The van der Waals surface area contributed by atoms with Gasteiger partial charge in [-0.1, -0.05) is 24.3 Å². The van der Waals surface area contributed by atoms with E-state index < -0.39 is 0 Å². The number of fused-ring (bicyclic) bond motifs is 2. The van der Waals surface area contributed by atoms with Crippen molar-refractivity contribution in [1.29, 1.82) is 0 Å². The summed E-state index contributed by atoms with van der Waals surface area (Å²) in [6, 6.07) is 15.6.